The zero-order valence-corrected chi connectivity index (χ0v) is 12.3. The van der Waals surface area contributed by atoms with Gasteiger partial charge in [0, 0.05) is 17.0 Å². The fraction of sp³-hybridized carbons (Fsp3) is 0.312. The highest BCUT2D eigenvalue weighted by Crippen LogP contribution is 2.20. The minimum absolute atomic E-state index is 0.000673. The minimum Gasteiger partial charge on any atom is -0.345 e. The zero-order valence-electron chi connectivity index (χ0n) is 11.5. The molecule has 2 N–H and O–H groups in total. The molecular formula is C16H18N2OS. The van der Waals surface area contributed by atoms with Crippen molar-refractivity contribution in [2.24, 2.45) is 0 Å². The average Bonchev–Trinajstić information content (AvgIpc) is 3.01. The van der Waals surface area contributed by atoms with Crippen molar-refractivity contribution in [2.45, 2.75) is 25.9 Å². The fourth-order valence-corrected chi connectivity index (χ4v) is 3.24. The molecule has 0 aliphatic carbocycles. The Morgan fingerprint density at radius 1 is 1.35 bits per heavy atom. The molecule has 2 heterocycles. The van der Waals surface area contributed by atoms with E-state index in [0.717, 1.165) is 25.1 Å². The molecule has 20 heavy (non-hydrogen) atoms. The molecule has 1 aromatic carbocycles. The molecule has 0 fully saturated rings. The third-order valence-corrected chi connectivity index (χ3v) is 4.73. The SMILES string of the molecule is C[C@H](NC(=O)c1ccc2c(c1)CNCC2)c1cccs1. The van der Waals surface area contributed by atoms with Gasteiger partial charge in [0.15, 0.2) is 0 Å². The Hall–Kier alpha value is -1.65. The van der Waals surface area contributed by atoms with Crippen LogP contribution < -0.4 is 10.6 Å². The molecule has 0 spiro atoms. The Morgan fingerprint density at radius 2 is 2.25 bits per heavy atom. The smallest absolute Gasteiger partial charge is 0.251 e. The first-order valence-electron chi connectivity index (χ1n) is 6.91. The van der Waals surface area contributed by atoms with Crippen LogP contribution in [-0.2, 0) is 13.0 Å². The van der Waals surface area contributed by atoms with E-state index in [-0.39, 0.29) is 11.9 Å². The van der Waals surface area contributed by atoms with Crippen LogP contribution in [0.15, 0.2) is 35.7 Å². The number of hydrogen-bond donors (Lipinski definition) is 2. The van der Waals surface area contributed by atoms with Crippen molar-refractivity contribution in [1.29, 1.82) is 0 Å². The van der Waals surface area contributed by atoms with Gasteiger partial charge in [-0.1, -0.05) is 12.1 Å². The normalized spacial score (nSPS) is 15.4. The van der Waals surface area contributed by atoms with Gasteiger partial charge in [-0.2, -0.15) is 0 Å². The summed E-state index contributed by atoms with van der Waals surface area (Å²) in [6.45, 7) is 3.90. The minimum atomic E-state index is -0.000673. The molecule has 104 valence electrons. The van der Waals surface area contributed by atoms with Crippen LogP contribution in [-0.4, -0.2) is 12.5 Å². The van der Waals surface area contributed by atoms with Crippen LogP contribution in [0.2, 0.25) is 0 Å². The summed E-state index contributed by atoms with van der Waals surface area (Å²) >= 11 is 1.67. The van der Waals surface area contributed by atoms with Gasteiger partial charge < -0.3 is 10.6 Å². The van der Waals surface area contributed by atoms with Crippen molar-refractivity contribution >= 4 is 17.2 Å². The van der Waals surface area contributed by atoms with Gasteiger partial charge in [0.2, 0.25) is 0 Å². The Morgan fingerprint density at radius 3 is 3.05 bits per heavy atom. The van der Waals surface area contributed by atoms with Gasteiger partial charge >= 0.3 is 0 Å². The summed E-state index contributed by atoms with van der Waals surface area (Å²) in [5.41, 5.74) is 3.34. The highest BCUT2D eigenvalue weighted by Gasteiger charge is 2.15. The molecule has 3 rings (SSSR count). The number of thiophene rings is 1. The first kappa shape index (κ1) is 13.3. The van der Waals surface area contributed by atoms with E-state index in [0.29, 0.717) is 0 Å². The summed E-state index contributed by atoms with van der Waals surface area (Å²) < 4.78 is 0. The highest BCUT2D eigenvalue weighted by molar-refractivity contribution is 7.10. The van der Waals surface area contributed by atoms with Crippen molar-refractivity contribution in [2.75, 3.05) is 6.54 Å². The highest BCUT2D eigenvalue weighted by atomic mass is 32.1. The van der Waals surface area contributed by atoms with Crippen LogP contribution in [0.4, 0.5) is 0 Å². The Labute approximate surface area is 123 Å². The maximum absolute atomic E-state index is 12.3. The molecular weight excluding hydrogens is 268 g/mol. The predicted molar refractivity (Wildman–Crippen MR) is 82.1 cm³/mol. The molecule has 0 saturated carbocycles. The zero-order chi connectivity index (χ0) is 13.9. The van der Waals surface area contributed by atoms with Gasteiger partial charge in [-0.25, -0.2) is 0 Å². The molecule has 0 bridgehead atoms. The maximum Gasteiger partial charge on any atom is 0.251 e. The van der Waals surface area contributed by atoms with Crippen LogP contribution in [0.5, 0.6) is 0 Å². The first-order valence-corrected chi connectivity index (χ1v) is 7.79. The lowest BCUT2D eigenvalue weighted by molar-refractivity contribution is 0.0940. The molecule has 0 saturated heterocycles. The Bertz CT molecular complexity index is 607. The third-order valence-electron chi connectivity index (χ3n) is 3.67. The quantitative estimate of drug-likeness (QED) is 0.911. The van der Waals surface area contributed by atoms with E-state index in [2.05, 4.69) is 16.7 Å². The largest absolute Gasteiger partial charge is 0.345 e. The average molecular weight is 286 g/mol. The summed E-state index contributed by atoms with van der Waals surface area (Å²) in [5.74, 6) is -0.000673. The number of benzene rings is 1. The van der Waals surface area contributed by atoms with Gasteiger partial charge in [-0.15, -0.1) is 11.3 Å². The molecule has 1 atom stereocenters. The fourth-order valence-electron chi connectivity index (χ4n) is 2.51. The van der Waals surface area contributed by atoms with E-state index in [1.807, 2.05) is 36.6 Å². The van der Waals surface area contributed by atoms with Crippen LogP contribution in [0, 0.1) is 0 Å². The maximum atomic E-state index is 12.3. The Balaban J connectivity index is 1.74. The summed E-state index contributed by atoms with van der Waals surface area (Å²) in [6.07, 6.45) is 1.04. The van der Waals surface area contributed by atoms with Gasteiger partial charge in [0.25, 0.3) is 5.91 Å². The lowest BCUT2D eigenvalue weighted by atomic mass is 9.98. The van der Waals surface area contributed by atoms with Crippen molar-refractivity contribution in [3.8, 4) is 0 Å². The standard InChI is InChI=1S/C16H18N2OS/c1-11(15-3-2-8-20-15)18-16(19)13-5-4-12-6-7-17-10-14(12)9-13/h2-5,8-9,11,17H,6-7,10H2,1H3,(H,18,19)/t11-/m0/s1. The number of carbonyl (C=O) groups excluding carboxylic acids is 1. The van der Waals surface area contributed by atoms with E-state index in [9.17, 15) is 4.79 Å². The van der Waals surface area contributed by atoms with E-state index >= 15 is 0 Å². The first-order chi connectivity index (χ1) is 9.74. The van der Waals surface area contributed by atoms with Crippen molar-refractivity contribution in [3.05, 3.63) is 57.3 Å². The molecule has 0 unspecified atom stereocenters. The van der Waals surface area contributed by atoms with Crippen LogP contribution in [0.3, 0.4) is 0 Å². The van der Waals surface area contributed by atoms with E-state index in [4.69, 9.17) is 0 Å². The van der Waals surface area contributed by atoms with Gasteiger partial charge in [-0.3, -0.25) is 4.79 Å². The van der Waals surface area contributed by atoms with Crippen LogP contribution in [0.25, 0.3) is 0 Å². The molecule has 1 amide bonds. The number of rotatable bonds is 3. The topological polar surface area (TPSA) is 41.1 Å². The van der Waals surface area contributed by atoms with E-state index in [1.165, 1.54) is 16.0 Å². The van der Waals surface area contributed by atoms with Crippen molar-refractivity contribution in [3.63, 3.8) is 0 Å². The van der Waals surface area contributed by atoms with Crippen molar-refractivity contribution in [1.82, 2.24) is 10.6 Å². The second kappa shape index (κ2) is 5.77. The lowest BCUT2D eigenvalue weighted by Crippen LogP contribution is -2.27. The summed E-state index contributed by atoms with van der Waals surface area (Å²) in [7, 11) is 0. The second-order valence-corrected chi connectivity index (χ2v) is 6.10. The second-order valence-electron chi connectivity index (χ2n) is 5.12. The molecule has 1 aliphatic rings. The molecule has 1 aromatic heterocycles. The molecule has 0 radical (unpaired) electrons. The summed E-state index contributed by atoms with van der Waals surface area (Å²) in [5, 5.41) is 8.43. The van der Waals surface area contributed by atoms with Gasteiger partial charge in [0.1, 0.15) is 0 Å². The number of hydrogen-bond acceptors (Lipinski definition) is 3. The van der Waals surface area contributed by atoms with Crippen LogP contribution in [0.1, 0.15) is 39.3 Å². The predicted octanol–water partition coefficient (Wildman–Crippen LogP) is 2.88. The van der Waals surface area contributed by atoms with Gasteiger partial charge in [0.05, 0.1) is 6.04 Å². The number of amides is 1. The van der Waals surface area contributed by atoms with Crippen LogP contribution >= 0.6 is 11.3 Å². The van der Waals surface area contributed by atoms with Gasteiger partial charge in [-0.05, 0) is 54.6 Å². The summed E-state index contributed by atoms with van der Waals surface area (Å²) in [4.78, 5) is 13.5. The number of nitrogens with one attached hydrogen (secondary N) is 2. The summed E-state index contributed by atoms with van der Waals surface area (Å²) in [6, 6.07) is 10.1. The molecule has 1 aliphatic heterocycles. The third kappa shape index (κ3) is 2.76. The molecule has 2 aromatic rings. The van der Waals surface area contributed by atoms with Crippen molar-refractivity contribution < 1.29 is 4.79 Å². The lowest BCUT2D eigenvalue weighted by Gasteiger charge is -2.18. The molecule has 4 heteroatoms. The molecule has 3 nitrogen and oxygen atoms in total. The van der Waals surface area contributed by atoms with E-state index < -0.39 is 0 Å². The number of carbonyl (C=O) groups is 1. The van der Waals surface area contributed by atoms with E-state index in [1.54, 1.807) is 11.3 Å². The monoisotopic (exact) mass is 286 g/mol. The Kier molecular flexibility index (Phi) is 3.85. The number of fused-ring (bicyclic) bond motifs is 1.